The van der Waals surface area contributed by atoms with Crippen LogP contribution < -0.4 is 10.5 Å². The van der Waals surface area contributed by atoms with Gasteiger partial charge in [0.05, 0.1) is 42.1 Å². The minimum atomic E-state index is -1.06. The highest BCUT2D eigenvalue weighted by Crippen LogP contribution is 2.51. The zero-order chi connectivity index (χ0) is 27.5. The molecule has 2 aromatic carbocycles. The molecular formula is C27H29NO10. The fourth-order valence-corrected chi connectivity index (χ4v) is 5.73. The van der Waals surface area contributed by atoms with Crippen molar-refractivity contribution in [2.45, 2.75) is 56.8 Å². The van der Waals surface area contributed by atoms with E-state index in [0.717, 1.165) is 0 Å². The molecule has 6 N–H and O–H groups in total. The maximum absolute atomic E-state index is 13.6. The Kier molecular flexibility index (Phi) is 6.74. The predicted molar refractivity (Wildman–Crippen MR) is 130 cm³/mol. The third kappa shape index (κ3) is 3.98. The summed E-state index contributed by atoms with van der Waals surface area (Å²) in [5.74, 6) is -3.64. The summed E-state index contributed by atoms with van der Waals surface area (Å²) in [5.41, 5.74) is 5.39. The molecule has 0 radical (unpaired) electrons. The van der Waals surface area contributed by atoms with Crippen LogP contribution in [-0.4, -0.2) is 76.0 Å². The molecule has 1 saturated heterocycles. The lowest BCUT2D eigenvalue weighted by Gasteiger charge is -2.40. The molecule has 11 heteroatoms. The van der Waals surface area contributed by atoms with E-state index in [-0.39, 0.29) is 58.4 Å². The van der Waals surface area contributed by atoms with Crippen molar-refractivity contribution in [3.05, 3.63) is 51.6 Å². The Morgan fingerprint density at radius 1 is 1.11 bits per heavy atom. The van der Waals surface area contributed by atoms with Crippen molar-refractivity contribution in [1.29, 1.82) is 0 Å². The number of Topliss-reactive ketones (excluding diaryl/α,β-unsaturated/α-hetero) is 1. The van der Waals surface area contributed by atoms with Crippen molar-refractivity contribution < 1.29 is 49.0 Å². The zero-order valence-electron chi connectivity index (χ0n) is 20.8. The van der Waals surface area contributed by atoms with Crippen molar-refractivity contribution in [2.24, 2.45) is 11.7 Å². The fraction of sp³-hybridized carbons (Fsp3) is 0.444. The molecule has 2 aliphatic carbocycles. The largest absolute Gasteiger partial charge is 0.507 e. The molecule has 0 aromatic heterocycles. The molecule has 202 valence electrons. The van der Waals surface area contributed by atoms with Crippen LogP contribution in [0.15, 0.2) is 18.2 Å². The molecule has 0 bridgehead atoms. The summed E-state index contributed by atoms with van der Waals surface area (Å²) in [4.78, 5) is 39.6. The van der Waals surface area contributed by atoms with E-state index in [9.17, 15) is 34.8 Å². The first-order chi connectivity index (χ1) is 18.1. The average Bonchev–Trinajstić information content (AvgIpc) is 2.90. The summed E-state index contributed by atoms with van der Waals surface area (Å²) in [6.45, 7) is 0.880. The lowest BCUT2D eigenvalue weighted by Crippen LogP contribution is -2.52. The molecular weight excluding hydrogens is 498 g/mol. The Morgan fingerprint density at radius 3 is 2.47 bits per heavy atom. The summed E-state index contributed by atoms with van der Waals surface area (Å²) in [5, 5.41) is 42.4. The molecule has 1 fully saturated rings. The number of carbonyl (C=O) groups excluding carboxylic acids is 3. The number of phenols is 2. The highest BCUT2D eigenvalue weighted by atomic mass is 16.7. The quantitative estimate of drug-likeness (QED) is 0.297. The highest BCUT2D eigenvalue weighted by Gasteiger charge is 2.45. The molecule has 3 aliphatic rings. The number of aromatic hydroxyl groups is 2. The molecule has 11 nitrogen and oxygen atoms in total. The number of aliphatic hydroxyl groups is 2. The smallest absolute Gasteiger partial charge is 0.202 e. The monoisotopic (exact) mass is 527 g/mol. The van der Waals surface area contributed by atoms with Crippen molar-refractivity contribution in [3.8, 4) is 17.2 Å². The van der Waals surface area contributed by atoms with Gasteiger partial charge >= 0.3 is 0 Å². The second-order valence-corrected chi connectivity index (χ2v) is 9.93. The maximum Gasteiger partial charge on any atom is 0.202 e. The number of nitrogens with two attached hydrogens (primary N) is 1. The zero-order valence-corrected chi connectivity index (χ0v) is 20.8. The topological polar surface area (TPSA) is 186 Å². The van der Waals surface area contributed by atoms with Crippen LogP contribution >= 0.6 is 0 Å². The van der Waals surface area contributed by atoms with Crippen LogP contribution in [0.1, 0.15) is 68.8 Å². The van der Waals surface area contributed by atoms with Crippen molar-refractivity contribution in [1.82, 2.24) is 0 Å². The summed E-state index contributed by atoms with van der Waals surface area (Å²) >= 11 is 0. The fourth-order valence-electron chi connectivity index (χ4n) is 5.73. The molecule has 6 atom stereocenters. The predicted octanol–water partition coefficient (Wildman–Crippen LogP) is 0.886. The van der Waals surface area contributed by atoms with Gasteiger partial charge in [0.1, 0.15) is 23.9 Å². The standard InChI is InChI=1S/C27H29NO10/c1-10-23(31)14(28)8-18(37-10)38-17-7-11(15(30)9-29)6-13-20(17)27(35)22-21(25(13)33)24(32)12-4-3-5-16(36-2)19(12)26(22)34/h3-5,10-11,14,17-18,23,29,31,33,35H,6-9,28H2,1-2H3. The third-order valence-corrected chi connectivity index (χ3v) is 7.71. The van der Waals surface area contributed by atoms with Gasteiger partial charge in [-0.3, -0.25) is 14.4 Å². The van der Waals surface area contributed by atoms with E-state index < -0.39 is 72.0 Å². The van der Waals surface area contributed by atoms with Gasteiger partial charge in [-0.05, 0) is 25.8 Å². The second-order valence-electron chi connectivity index (χ2n) is 9.93. The molecule has 1 heterocycles. The number of fused-ring (bicyclic) bond motifs is 3. The molecule has 1 aliphatic heterocycles. The minimum absolute atomic E-state index is 0.00621. The molecule has 0 saturated carbocycles. The van der Waals surface area contributed by atoms with Crippen molar-refractivity contribution in [3.63, 3.8) is 0 Å². The summed E-state index contributed by atoms with van der Waals surface area (Å²) in [6.07, 6.45) is -3.54. The third-order valence-electron chi connectivity index (χ3n) is 7.71. The van der Waals surface area contributed by atoms with Crippen molar-refractivity contribution in [2.75, 3.05) is 13.7 Å². The summed E-state index contributed by atoms with van der Waals surface area (Å²) < 4.78 is 17.2. The van der Waals surface area contributed by atoms with Gasteiger partial charge in [-0.25, -0.2) is 0 Å². The van der Waals surface area contributed by atoms with Gasteiger partial charge in [-0.2, -0.15) is 0 Å². The Bertz CT molecular complexity index is 1330. The van der Waals surface area contributed by atoms with Gasteiger partial charge in [0.25, 0.3) is 0 Å². The van der Waals surface area contributed by atoms with E-state index in [2.05, 4.69) is 0 Å². The number of benzene rings is 2. The number of hydrogen-bond acceptors (Lipinski definition) is 11. The molecule has 38 heavy (non-hydrogen) atoms. The normalized spacial score (nSPS) is 28.3. The van der Waals surface area contributed by atoms with Gasteiger partial charge in [0, 0.05) is 35.1 Å². The van der Waals surface area contributed by atoms with Crippen LogP contribution in [0.5, 0.6) is 17.2 Å². The number of hydrogen-bond donors (Lipinski definition) is 5. The van der Waals surface area contributed by atoms with E-state index in [0.29, 0.717) is 0 Å². The molecule has 0 spiro atoms. The van der Waals surface area contributed by atoms with Crippen LogP contribution in [0, 0.1) is 5.92 Å². The average molecular weight is 528 g/mol. The van der Waals surface area contributed by atoms with Crippen LogP contribution in [0.3, 0.4) is 0 Å². The first-order valence-corrected chi connectivity index (χ1v) is 12.3. The summed E-state index contributed by atoms with van der Waals surface area (Å²) in [6, 6.07) is 3.83. The van der Waals surface area contributed by atoms with E-state index in [1.807, 2.05) is 0 Å². The molecule has 5 rings (SSSR count). The first kappa shape index (κ1) is 26.3. The molecule has 6 unspecified atom stereocenters. The van der Waals surface area contributed by atoms with Crippen molar-refractivity contribution >= 4 is 17.3 Å². The Hall–Kier alpha value is -3.35. The lowest BCUT2D eigenvalue weighted by atomic mass is 9.73. The van der Waals surface area contributed by atoms with Crippen LogP contribution in [0.2, 0.25) is 0 Å². The van der Waals surface area contributed by atoms with Gasteiger partial charge in [0.2, 0.25) is 5.78 Å². The van der Waals surface area contributed by atoms with Crippen LogP contribution in [-0.2, 0) is 20.7 Å². The van der Waals surface area contributed by atoms with Gasteiger partial charge in [0.15, 0.2) is 17.9 Å². The Balaban J connectivity index is 1.65. The number of ketones is 3. The number of methoxy groups -OCH3 is 1. The maximum atomic E-state index is 13.6. The Labute approximate surface area is 217 Å². The van der Waals surface area contributed by atoms with Crippen LogP contribution in [0.4, 0.5) is 0 Å². The van der Waals surface area contributed by atoms with E-state index >= 15 is 0 Å². The Morgan fingerprint density at radius 2 is 1.82 bits per heavy atom. The molecule has 0 amide bonds. The number of phenolic OH excluding ortho intramolecular Hbond substituents is 2. The van der Waals surface area contributed by atoms with E-state index in [4.69, 9.17) is 19.9 Å². The number of ether oxygens (including phenoxy) is 3. The lowest BCUT2D eigenvalue weighted by molar-refractivity contribution is -0.243. The first-order valence-electron chi connectivity index (χ1n) is 12.3. The SMILES string of the molecule is COc1cccc2c1C(=O)c1c(O)c3c(c(O)c1C2=O)CC(C(=O)CO)CC3OC1CC(N)C(O)C(C)O1. The van der Waals surface area contributed by atoms with Gasteiger partial charge in [-0.1, -0.05) is 12.1 Å². The van der Waals surface area contributed by atoms with Gasteiger partial charge in [-0.15, -0.1) is 0 Å². The number of rotatable bonds is 5. The van der Waals surface area contributed by atoms with E-state index in [1.165, 1.54) is 25.3 Å². The molecule has 2 aromatic rings. The van der Waals surface area contributed by atoms with E-state index in [1.54, 1.807) is 6.92 Å². The second kappa shape index (κ2) is 9.75. The highest BCUT2D eigenvalue weighted by molar-refractivity contribution is 6.31. The minimum Gasteiger partial charge on any atom is -0.507 e. The van der Waals surface area contributed by atoms with Gasteiger partial charge < -0.3 is 40.4 Å². The summed E-state index contributed by atoms with van der Waals surface area (Å²) in [7, 11) is 1.35. The number of aliphatic hydroxyl groups excluding tert-OH is 2. The van der Waals surface area contributed by atoms with Crippen LogP contribution in [0.25, 0.3) is 0 Å². The number of carbonyl (C=O) groups is 3.